The number of hydrogen-bond donors (Lipinski definition) is 1. The Balaban J connectivity index is 1.59. The van der Waals surface area contributed by atoms with E-state index in [2.05, 4.69) is 10.3 Å². The number of hydrogen-bond acceptors (Lipinski definition) is 4. The van der Waals surface area contributed by atoms with E-state index in [-0.39, 0.29) is 18.1 Å². The number of nitrogens with one attached hydrogen (secondary N) is 1. The second-order valence-electron chi connectivity index (χ2n) is 5.54. The number of amides is 1. The summed E-state index contributed by atoms with van der Waals surface area (Å²) in [6.07, 6.45) is 3.24. The number of anilines is 1. The van der Waals surface area contributed by atoms with Gasteiger partial charge in [-0.2, -0.15) is 0 Å². The first kappa shape index (κ1) is 17.3. The molecule has 0 atom stereocenters. The number of aromatic nitrogens is 2. The molecular weight excluding hydrogens is 337 g/mol. The van der Waals surface area contributed by atoms with Crippen molar-refractivity contribution in [2.75, 3.05) is 11.9 Å². The molecule has 0 saturated heterocycles. The van der Waals surface area contributed by atoms with Crippen LogP contribution in [0.4, 0.5) is 10.1 Å². The fourth-order valence-corrected chi connectivity index (χ4v) is 2.32. The Kier molecular flexibility index (Phi) is 5.07. The van der Waals surface area contributed by atoms with E-state index < -0.39 is 11.7 Å². The van der Waals surface area contributed by atoms with E-state index in [9.17, 15) is 14.0 Å². The molecule has 6 nitrogen and oxygen atoms in total. The minimum atomic E-state index is -0.530. The van der Waals surface area contributed by atoms with E-state index in [1.807, 2.05) is 0 Å². The van der Waals surface area contributed by atoms with E-state index >= 15 is 0 Å². The number of ketones is 1. The number of para-hydroxylation sites is 1. The molecule has 0 unspecified atom stereocenters. The molecule has 3 aromatic rings. The molecule has 26 heavy (non-hydrogen) atoms. The highest BCUT2D eigenvalue weighted by atomic mass is 19.1. The molecule has 1 aromatic heterocycles. The number of imidazole rings is 1. The standard InChI is InChI=1S/C19H16FN3O3/c1-23-11-10-21-19(23)18(25)13-6-8-14(9-7-13)22-17(24)12-26-16-5-3-2-4-15(16)20/h2-11H,12H2,1H3,(H,22,24). The molecule has 1 amide bonds. The summed E-state index contributed by atoms with van der Waals surface area (Å²) in [5.74, 6) is -0.828. The molecule has 0 aliphatic rings. The molecule has 0 bridgehead atoms. The fourth-order valence-electron chi connectivity index (χ4n) is 2.32. The Morgan fingerprint density at radius 2 is 1.88 bits per heavy atom. The fraction of sp³-hybridized carbons (Fsp3) is 0.105. The van der Waals surface area contributed by atoms with E-state index in [1.165, 1.54) is 18.2 Å². The first-order valence-electron chi connectivity index (χ1n) is 7.84. The third kappa shape index (κ3) is 3.94. The van der Waals surface area contributed by atoms with Gasteiger partial charge in [0.2, 0.25) is 5.78 Å². The van der Waals surface area contributed by atoms with Crippen molar-refractivity contribution in [2.45, 2.75) is 0 Å². The van der Waals surface area contributed by atoms with Crippen LogP contribution in [0.3, 0.4) is 0 Å². The van der Waals surface area contributed by atoms with Crippen LogP contribution in [0.5, 0.6) is 5.75 Å². The van der Waals surface area contributed by atoms with Crippen molar-refractivity contribution in [3.8, 4) is 5.75 Å². The maximum Gasteiger partial charge on any atom is 0.262 e. The SMILES string of the molecule is Cn1ccnc1C(=O)c1ccc(NC(=O)COc2ccccc2F)cc1. The number of carbonyl (C=O) groups is 2. The lowest BCUT2D eigenvalue weighted by atomic mass is 10.1. The maximum absolute atomic E-state index is 13.4. The van der Waals surface area contributed by atoms with Crippen LogP contribution in [0.2, 0.25) is 0 Å². The molecule has 0 aliphatic carbocycles. The topological polar surface area (TPSA) is 73.2 Å². The summed E-state index contributed by atoms with van der Waals surface area (Å²) >= 11 is 0. The van der Waals surface area contributed by atoms with Crippen LogP contribution in [0.25, 0.3) is 0 Å². The van der Waals surface area contributed by atoms with E-state index in [1.54, 1.807) is 54.3 Å². The number of halogens is 1. The van der Waals surface area contributed by atoms with Gasteiger partial charge in [0.15, 0.2) is 24.0 Å². The minimum Gasteiger partial charge on any atom is -0.481 e. The highest BCUT2D eigenvalue weighted by Gasteiger charge is 2.14. The van der Waals surface area contributed by atoms with Crippen molar-refractivity contribution in [3.63, 3.8) is 0 Å². The summed E-state index contributed by atoms with van der Waals surface area (Å²) in [7, 11) is 1.74. The molecule has 0 fully saturated rings. The number of carbonyl (C=O) groups excluding carboxylic acids is 2. The first-order chi connectivity index (χ1) is 12.5. The lowest BCUT2D eigenvalue weighted by molar-refractivity contribution is -0.118. The van der Waals surface area contributed by atoms with Crippen LogP contribution in [-0.4, -0.2) is 27.8 Å². The summed E-state index contributed by atoms with van der Waals surface area (Å²) in [6, 6.07) is 12.3. The molecule has 1 N–H and O–H groups in total. The molecule has 7 heteroatoms. The van der Waals surface area contributed by atoms with Gasteiger partial charge in [0.1, 0.15) is 0 Å². The molecule has 0 spiro atoms. The number of ether oxygens (including phenoxy) is 1. The predicted molar refractivity (Wildman–Crippen MR) is 93.6 cm³/mol. The lowest BCUT2D eigenvalue weighted by Gasteiger charge is -2.08. The predicted octanol–water partition coefficient (Wildman–Crippen LogP) is 2.81. The van der Waals surface area contributed by atoms with Crippen molar-refractivity contribution in [2.24, 2.45) is 7.05 Å². The van der Waals surface area contributed by atoms with Crippen LogP contribution in [0.1, 0.15) is 16.2 Å². The zero-order valence-corrected chi connectivity index (χ0v) is 14.0. The number of nitrogens with zero attached hydrogens (tertiary/aromatic N) is 2. The zero-order valence-electron chi connectivity index (χ0n) is 14.0. The van der Waals surface area contributed by atoms with Gasteiger partial charge in [0.05, 0.1) is 0 Å². The zero-order chi connectivity index (χ0) is 18.5. The van der Waals surface area contributed by atoms with Crippen molar-refractivity contribution in [1.82, 2.24) is 9.55 Å². The lowest BCUT2D eigenvalue weighted by Crippen LogP contribution is -2.20. The Morgan fingerprint density at radius 1 is 1.15 bits per heavy atom. The van der Waals surface area contributed by atoms with Gasteiger partial charge < -0.3 is 14.6 Å². The highest BCUT2D eigenvalue weighted by Crippen LogP contribution is 2.16. The average Bonchev–Trinajstić information content (AvgIpc) is 3.07. The van der Waals surface area contributed by atoms with E-state index in [4.69, 9.17) is 4.74 Å². The van der Waals surface area contributed by atoms with Crippen molar-refractivity contribution < 1.29 is 18.7 Å². The summed E-state index contributed by atoms with van der Waals surface area (Å²) in [6.45, 7) is -0.325. The van der Waals surface area contributed by atoms with Crippen LogP contribution < -0.4 is 10.1 Å². The van der Waals surface area contributed by atoms with Crippen molar-refractivity contribution >= 4 is 17.4 Å². The number of aryl methyl sites for hydroxylation is 1. The van der Waals surface area contributed by atoms with E-state index in [0.717, 1.165) is 0 Å². The monoisotopic (exact) mass is 353 g/mol. The average molecular weight is 353 g/mol. The van der Waals surface area contributed by atoms with Gasteiger partial charge in [-0.25, -0.2) is 9.37 Å². The largest absolute Gasteiger partial charge is 0.481 e. The summed E-state index contributed by atoms with van der Waals surface area (Å²) in [4.78, 5) is 28.3. The first-order valence-corrected chi connectivity index (χ1v) is 7.84. The third-order valence-corrected chi connectivity index (χ3v) is 3.65. The molecular formula is C19H16FN3O3. The summed E-state index contributed by atoms with van der Waals surface area (Å²) < 4.78 is 20.2. The van der Waals surface area contributed by atoms with Crippen LogP contribution >= 0.6 is 0 Å². The second kappa shape index (κ2) is 7.60. The van der Waals surface area contributed by atoms with E-state index in [0.29, 0.717) is 17.1 Å². The third-order valence-electron chi connectivity index (χ3n) is 3.65. The molecule has 0 saturated carbocycles. The van der Waals surface area contributed by atoms with Crippen LogP contribution in [-0.2, 0) is 11.8 Å². The normalized spacial score (nSPS) is 10.4. The van der Waals surface area contributed by atoms with Gasteiger partial charge in [0, 0.05) is 30.7 Å². The van der Waals surface area contributed by atoms with Gasteiger partial charge in [-0.3, -0.25) is 9.59 Å². The summed E-state index contributed by atoms with van der Waals surface area (Å²) in [5.41, 5.74) is 0.962. The van der Waals surface area contributed by atoms with Crippen molar-refractivity contribution in [1.29, 1.82) is 0 Å². The molecule has 0 aliphatic heterocycles. The molecule has 1 heterocycles. The molecule has 0 radical (unpaired) electrons. The minimum absolute atomic E-state index is 0.0127. The Bertz CT molecular complexity index is 935. The van der Waals surface area contributed by atoms with Gasteiger partial charge in [-0.05, 0) is 36.4 Å². The smallest absolute Gasteiger partial charge is 0.262 e. The van der Waals surface area contributed by atoms with Gasteiger partial charge in [-0.15, -0.1) is 0 Å². The maximum atomic E-state index is 13.4. The Labute approximate surface area is 149 Å². The highest BCUT2D eigenvalue weighted by molar-refractivity contribution is 6.07. The number of rotatable bonds is 6. The summed E-state index contributed by atoms with van der Waals surface area (Å²) in [5, 5.41) is 2.63. The second-order valence-corrected chi connectivity index (χ2v) is 5.54. The van der Waals surface area contributed by atoms with Crippen molar-refractivity contribution in [3.05, 3.63) is 78.1 Å². The quantitative estimate of drug-likeness (QED) is 0.692. The molecule has 132 valence electrons. The molecule has 2 aromatic carbocycles. The van der Waals surface area contributed by atoms with Gasteiger partial charge >= 0.3 is 0 Å². The van der Waals surface area contributed by atoms with Gasteiger partial charge in [0.25, 0.3) is 5.91 Å². The Morgan fingerprint density at radius 3 is 2.54 bits per heavy atom. The number of benzene rings is 2. The van der Waals surface area contributed by atoms with Crippen LogP contribution in [0.15, 0.2) is 60.9 Å². The van der Waals surface area contributed by atoms with Gasteiger partial charge in [-0.1, -0.05) is 12.1 Å². The Hall–Kier alpha value is -3.48. The molecule has 3 rings (SSSR count). The van der Waals surface area contributed by atoms with Crippen LogP contribution in [0, 0.1) is 5.82 Å².